The van der Waals surface area contributed by atoms with Crippen molar-refractivity contribution >= 4 is 23.4 Å². The van der Waals surface area contributed by atoms with Crippen LogP contribution in [-0.4, -0.2) is 5.91 Å². The van der Waals surface area contributed by atoms with Gasteiger partial charge in [-0.3, -0.25) is 4.79 Å². The van der Waals surface area contributed by atoms with E-state index in [4.69, 9.17) is 11.5 Å². The van der Waals surface area contributed by atoms with Crippen LogP contribution in [0.15, 0.2) is 47.4 Å². The van der Waals surface area contributed by atoms with Crippen molar-refractivity contribution in [1.29, 1.82) is 0 Å². The minimum atomic E-state index is -0.445. The summed E-state index contributed by atoms with van der Waals surface area (Å²) in [5.41, 5.74) is 12.2. The Balaban J connectivity index is 2.01. The molecule has 2 aromatic rings. The van der Waals surface area contributed by atoms with E-state index in [9.17, 15) is 9.18 Å². The molecule has 1 amide bonds. The normalized spacial score (nSPS) is 10.4. The number of hydrogen-bond donors (Lipinski definition) is 2. The minimum absolute atomic E-state index is 0.148. The second-order valence-corrected chi connectivity index (χ2v) is 5.08. The molecule has 2 rings (SSSR count). The Morgan fingerprint density at radius 1 is 1.16 bits per heavy atom. The van der Waals surface area contributed by atoms with Crippen molar-refractivity contribution in [3.8, 4) is 0 Å². The number of primary amides is 1. The number of benzene rings is 2. The molecule has 3 nitrogen and oxygen atoms in total. The van der Waals surface area contributed by atoms with Crippen LogP contribution in [0, 0.1) is 5.82 Å². The van der Waals surface area contributed by atoms with Gasteiger partial charge in [0, 0.05) is 16.2 Å². The molecule has 0 fully saturated rings. The highest BCUT2D eigenvalue weighted by Gasteiger charge is 2.03. The van der Waals surface area contributed by atoms with Crippen molar-refractivity contribution in [1.82, 2.24) is 0 Å². The molecule has 0 aliphatic rings. The molecule has 0 unspecified atom stereocenters. The summed E-state index contributed by atoms with van der Waals surface area (Å²) in [4.78, 5) is 11.7. The third kappa shape index (κ3) is 3.48. The molecule has 0 spiro atoms. The van der Waals surface area contributed by atoms with Crippen molar-refractivity contribution in [2.75, 3.05) is 5.73 Å². The first-order chi connectivity index (χ1) is 9.06. The Hall–Kier alpha value is -2.01. The molecule has 0 saturated heterocycles. The van der Waals surface area contributed by atoms with Crippen molar-refractivity contribution in [3.05, 3.63) is 59.4 Å². The fourth-order valence-corrected chi connectivity index (χ4v) is 2.41. The summed E-state index contributed by atoms with van der Waals surface area (Å²) in [6, 6.07) is 11.8. The summed E-state index contributed by atoms with van der Waals surface area (Å²) in [6.45, 7) is 0. The zero-order chi connectivity index (χ0) is 13.8. The lowest BCUT2D eigenvalue weighted by Crippen LogP contribution is -2.10. The number of nitrogens with two attached hydrogens (primary N) is 2. The van der Waals surface area contributed by atoms with Gasteiger partial charge in [0.25, 0.3) is 0 Å². The lowest BCUT2D eigenvalue weighted by molar-refractivity contribution is 0.100. The monoisotopic (exact) mass is 276 g/mol. The van der Waals surface area contributed by atoms with Gasteiger partial charge in [0.2, 0.25) is 5.91 Å². The molecule has 4 N–H and O–H groups in total. The van der Waals surface area contributed by atoms with Crippen LogP contribution < -0.4 is 11.5 Å². The first-order valence-electron chi connectivity index (χ1n) is 5.63. The van der Waals surface area contributed by atoms with E-state index in [2.05, 4.69) is 0 Å². The van der Waals surface area contributed by atoms with Crippen molar-refractivity contribution in [2.45, 2.75) is 10.6 Å². The lowest BCUT2D eigenvalue weighted by atomic mass is 10.1. The highest BCUT2D eigenvalue weighted by atomic mass is 32.2. The fourth-order valence-electron chi connectivity index (χ4n) is 1.53. The highest BCUT2D eigenvalue weighted by Crippen LogP contribution is 2.25. The van der Waals surface area contributed by atoms with Gasteiger partial charge in [-0.25, -0.2) is 4.39 Å². The SMILES string of the molecule is NC(=O)c1ccc(CSc2ccc(N)c(F)c2)cc1. The number of amides is 1. The molecule has 5 heteroatoms. The van der Waals surface area contributed by atoms with Crippen molar-refractivity contribution < 1.29 is 9.18 Å². The molecule has 0 aromatic heterocycles. The second kappa shape index (κ2) is 5.75. The maximum Gasteiger partial charge on any atom is 0.248 e. The fraction of sp³-hybridized carbons (Fsp3) is 0.0714. The van der Waals surface area contributed by atoms with Gasteiger partial charge < -0.3 is 11.5 Å². The third-order valence-corrected chi connectivity index (χ3v) is 3.68. The van der Waals surface area contributed by atoms with Crippen LogP contribution in [0.2, 0.25) is 0 Å². The Labute approximate surface area is 114 Å². The van der Waals surface area contributed by atoms with E-state index in [0.29, 0.717) is 11.3 Å². The molecule has 0 heterocycles. The lowest BCUT2D eigenvalue weighted by Gasteiger charge is -2.04. The maximum absolute atomic E-state index is 13.3. The van der Waals surface area contributed by atoms with E-state index in [1.165, 1.54) is 17.8 Å². The van der Waals surface area contributed by atoms with E-state index in [1.54, 1.807) is 24.3 Å². The van der Waals surface area contributed by atoms with E-state index in [1.807, 2.05) is 12.1 Å². The average Bonchev–Trinajstić information content (AvgIpc) is 2.40. The number of hydrogen-bond acceptors (Lipinski definition) is 3. The van der Waals surface area contributed by atoms with Gasteiger partial charge in [0.1, 0.15) is 5.82 Å². The Morgan fingerprint density at radius 3 is 2.42 bits per heavy atom. The van der Waals surface area contributed by atoms with Crippen molar-refractivity contribution in [2.24, 2.45) is 5.73 Å². The highest BCUT2D eigenvalue weighted by molar-refractivity contribution is 7.98. The van der Waals surface area contributed by atoms with Gasteiger partial charge >= 0.3 is 0 Å². The zero-order valence-corrected chi connectivity index (χ0v) is 10.9. The van der Waals surface area contributed by atoms with Crippen LogP contribution >= 0.6 is 11.8 Å². The smallest absolute Gasteiger partial charge is 0.248 e. The molecule has 2 aromatic carbocycles. The molecule has 19 heavy (non-hydrogen) atoms. The summed E-state index contributed by atoms with van der Waals surface area (Å²) in [5.74, 6) is -0.170. The van der Waals surface area contributed by atoms with Gasteiger partial charge in [-0.15, -0.1) is 11.8 Å². The number of carbonyl (C=O) groups excluding carboxylic acids is 1. The van der Waals surface area contributed by atoms with Gasteiger partial charge in [-0.05, 0) is 35.9 Å². The molecule has 0 aliphatic carbocycles. The van der Waals surface area contributed by atoms with Crippen LogP contribution in [0.4, 0.5) is 10.1 Å². The van der Waals surface area contributed by atoms with E-state index < -0.39 is 11.7 Å². The van der Waals surface area contributed by atoms with E-state index in [-0.39, 0.29) is 5.69 Å². The first kappa shape index (κ1) is 13.4. The Morgan fingerprint density at radius 2 is 1.84 bits per heavy atom. The summed E-state index contributed by atoms with van der Waals surface area (Å²) in [6.07, 6.45) is 0. The number of thioether (sulfide) groups is 1. The van der Waals surface area contributed by atoms with E-state index in [0.717, 1.165) is 10.5 Å². The molecule has 0 atom stereocenters. The Bertz CT molecular complexity index is 599. The van der Waals surface area contributed by atoms with Gasteiger partial charge in [-0.2, -0.15) is 0 Å². The molecule has 0 saturated carbocycles. The van der Waals surface area contributed by atoms with Crippen LogP contribution in [0.1, 0.15) is 15.9 Å². The molecule has 0 radical (unpaired) electrons. The standard InChI is InChI=1S/C14H13FN2OS/c15-12-7-11(5-6-13(12)16)19-8-9-1-3-10(4-2-9)14(17)18/h1-7H,8,16H2,(H2,17,18). The maximum atomic E-state index is 13.3. The number of carbonyl (C=O) groups is 1. The molecular weight excluding hydrogens is 263 g/mol. The van der Waals surface area contributed by atoms with Crippen LogP contribution in [0.5, 0.6) is 0 Å². The largest absolute Gasteiger partial charge is 0.396 e. The predicted octanol–water partition coefficient (Wildman–Crippen LogP) is 2.80. The minimum Gasteiger partial charge on any atom is -0.396 e. The first-order valence-corrected chi connectivity index (χ1v) is 6.61. The number of rotatable bonds is 4. The molecule has 0 aliphatic heterocycles. The summed E-state index contributed by atoms with van der Waals surface area (Å²) < 4.78 is 13.3. The van der Waals surface area contributed by atoms with Gasteiger partial charge in [0.15, 0.2) is 0 Å². The third-order valence-electron chi connectivity index (χ3n) is 2.62. The number of anilines is 1. The van der Waals surface area contributed by atoms with Crippen LogP contribution in [0.25, 0.3) is 0 Å². The second-order valence-electron chi connectivity index (χ2n) is 4.03. The quantitative estimate of drug-likeness (QED) is 0.666. The average molecular weight is 276 g/mol. The van der Waals surface area contributed by atoms with Crippen LogP contribution in [0.3, 0.4) is 0 Å². The summed E-state index contributed by atoms with van der Waals surface area (Å²) in [7, 11) is 0. The summed E-state index contributed by atoms with van der Waals surface area (Å²) >= 11 is 1.50. The molecular formula is C14H13FN2OS. The van der Waals surface area contributed by atoms with Crippen molar-refractivity contribution in [3.63, 3.8) is 0 Å². The van der Waals surface area contributed by atoms with Gasteiger partial charge in [0.05, 0.1) is 5.69 Å². The molecule has 98 valence electrons. The predicted molar refractivity (Wildman–Crippen MR) is 75.3 cm³/mol. The zero-order valence-electron chi connectivity index (χ0n) is 10.1. The van der Waals surface area contributed by atoms with Crippen LogP contribution in [-0.2, 0) is 5.75 Å². The van der Waals surface area contributed by atoms with Gasteiger partial charge in [-0.1, -0.05) is 12.1 Å². The van der Waals surface area contributed by atoms with E-state index >= 15 is 0 Å². The number of halogens is 1. The molecule has 0 bridgehead atoms. The topological polar surface area (TPSA) is 69.1 Å². The summed E-state index contributed by atoms with van der Waals surface area (Å²) in [5, 5.41) is 0. The Kier molecular flexibility index (Phi) is 4.06. The number of nitrogen functional groups attached to an aromatic ring is 1.